The number of nitrogens with zero attached hydrogens (tertiary/aromatic N) is 2. The molecule has 3 rings (SSSR count). The molecular weight excluding hydrogens is 268 g/mol. The zero-order valence-corrected chi connectivity index (χ0v) is 12.4. The highest BCUT2D eigenvalue weighted by Gasteiger charge is 2.23. The molecule has 1 aliphatic heterocycles. The third-order valence-electron chi connectivity index (χ3n) is 4.24. The topological polar surface area (TPSA) is 62.5 Å². The van der Waals surface area contributed by atoms with Crippen molar-refractivity contribution < 1.29 is 9.90 Å². The van der Waals surface area contributed by atoms with E-state index in [4.69, 9.17) is 0 Å². The zero-order chi connectivity index (χ0) is 15.3. The molecule has 0 aliphatic carbocycles. The molecule has 0 radical (unpaired) electrons. The first-order chi connectivity index (χ1) is 9.90. The SMILES string of the molecule is CC1CCc2cc(N(C)C)cc3c(=O)c(C(=O)O)cn1c23. The molecule has 0 fully saturated rings. The van der Waals surface area contributed by atoms with E-state index in [-0.39, 0.29) is 11.6 Å². The molecule has 0 saturated carbocycles. The van der Waals surface area contributed by atoms with Crippen LogP contribution in [0.25, 0.3) is 10.9 Å². The summed E-state index contributed by atoms with van der Waals surface area (Å²) >= 11 is 0. The summed E-state index contributed by atoms with van der Waals surface area (Å²) in [5, 5.41) is 9.78. The van der Waals surface area contributed by atoms with Crippen molar-refractivity contribution in [2.45, 2.75) is 25.8 Å². The number of aromatic carboxylic acids is 1. The Kier molecular flexibility index (Phi) is 3.01. The maximum atomic E-state index is 12.5. The largest absolute Gasteiger partial charge is 0.477 e. The number of anilines is 1. The average Bonchev–Trinajstić information content (AvgIpc) is 2.43. The number of aryl methyl sites for hydroxylation is 1. The Bertz CT molecular complexity index is 805. The minimum absolute atomic E-state index is 0.155. The van der Waals surface area contributed by atoms with E-state index in [1.54, 1.807) is 6.07 Å². The molecule has 21 heavy (non-hydrogen) atoms. The average molecular weight is 286 g/mol. The van der Waals surface area contributed by atoms with Gasteiger partial charge in [0.2, 0.25) is 5.43 Å². The Balaban J connectivity index is 2.48. The van der Waals surface area contributed by atoms with Gasteiger partial charge in [-0.05, 0) is 37.5 Å². The second-order valence-corrected chi connectivity index (χ2v) is 5.87. The quantitative estimate of drug-likeness (QED) is 0.920. The van der Waals surface area contributed by atoms with Crippen LogP contribution in [0, 0.1) is 0 Å². The van der Waals surface area contributed by atoms with Crippen LogP contribution in [0.4, 0.5) is 5.69 Å². The molecule has 1 unspecified atom stereocenters. The lowest BCUT2D eigenvalue weighted by Gasteiger charge is -2.27. The van der Waals surface area contributed by atoms with Gasteiger partial charge in [0.1, 0.15) is 5.56 Å². The van der Waals surface area contributed by atoms with Crippen molar-refractivity contribution in [3.05, 3.63) is 39.7 Å². The van der Waals surface area contributed by atoms with E-state index >= 15 is 0 Å². The van der Waals surface area contributed by atoms with Crippen LogP contribution in [0.1, 0.15) is 35.3 Å². The van der Waals surface area contributed by atoms with Crippen molar-refractivity contribution in [1.29, 1.82) is 0 Å². The lowest BCUT2D eigenvalue weighted by Crippen LogP contribution is -2.24. The Hall–Kier alpha value is -2.30. The van der Waals surface area contributed by atoms with Crippen molar-refractivity contribution >= 4 is 22.6 Å². The van der Waals surface area contributed by atoms with Crippen LogP contribution in [0.3, 0.4) is 0 Å². The summed E-state index contributed by atoms with van der Waals surface area (Å²) in [5.74, 6) is -1.17. The van der Waals surface area contributed by atoms with Gasteiger partial charge in [-0.2, -0.15) is 0 Å². The van der Waals surface area contributed by atoms with E-state index in [2.05, 4.69) is 13.0 Å². The minimum Gasteiger partial charge on any atom is -0.477 e. The van der Waals surface area contributed by atoms with Gasteiger partial charge in [0.25, 0.3) is 0 Å². The highest BCUT2D eigenvalue weighted by atomic mass is 16.4. The number of hydrogen-bond donors (Lipinski definition) is 1. The molecule has 5 heteroatoms. The van der Waals surface area contributed by atoms with E-state index in [0.29, 0.717) is 5.39 Å². The number of pyridine rings is 1. The first-order valence-electron chi connectivity index (χ1n) is 7.02. The third kappa shape index (κ3) is 2.00. The van der Waals surface area contributed by atoms with E-state index in [0.717, 1.165) is 29.6 Å². The number of hydrogen-bond acceptors (Lipinski definition) is 3. The van der Waals surface area contributed by atoms with Crippen LogP contribution in [-0.2, 0) is 6.42 Å². The predicted octanol–water partition coefficient (Wildman–Crippen LogP) is 2.27. The van der Waals surface area contributed by atoms with Crippen LogP contribution in [0.2, 0.25) is 0 Å². The molecule has 2 heterocycles. The summed E-state index contributed by atoms with van der Waals surface area (Å²) in [5.41, 5.74) is 2.38. The molecule has 2 aromatic rings. The van der Waals surface area contributed by atoms with Crippen LogP contribution >= 0.6 is 0 Å². The van der Waals surface area contributed by atoms with Gasteiger partial charge in [0.15, 0.2) is 0 Å². The van der Waals surface area contributed by atoms with Crippen LogP contribution < -0.4 is 10.3 Å². The molecule has 1 aliphatic rings. The molecule has 0 bridgehead atoms. The molecule has 0 amide bonds. The van der Waals surface area contributed by atoms with Gasteiger partial charge < -0.3 is 14.6 Å². The number of carboxylic acids is 1. The van der Waals surface area contributed by atoms with Gasteiger partial charge in [-0.3, -0.25) is 4.79 Å². The van der Waals surface area contributed by atoms with Gasteiger partial charge in [-0.15, -0.1) is 0 Å². The van der Waals surface area contributed by atoms with E-state index in [1.807, 2.05) is 23.6 Å². The van der Waals surface area contributed by atoms with E-state index in [1.165, 1.54) is 6.20 Å². The van der Waals surface area contributed by atoms with Crippen LogP contribution in [0.15, 0.2) is 23.1 Å². The van der Waals surface area contributed by atoms with Gasteiger partial charge in [0.05, 0.1) is 5.52 Å². The normalized spacial score (nSPS) is 17.0. The molecule has 1 aromatic heterocycles. The fraction of sp³-hybridized carbons (Fsp3) is 0.375. The lowest BCUT2D eigenvalue weighted by molar-refractivity contribution is 0.0694. The minimum atomic E-state index is -1.17. The zero-order valence-electron chi connectivity index (χ0n) is 12.4. The number of rotatable bonds is 2. The van der Waals surface area contributed by atoms with Crippen LogP contribution in [0.5, 0.6) is 0 Å². The monoisotopic (exact) mass is 286 g/mol. The predicted molar refractivity (Wildman–Crippen MR) is 82.5 cm³/mol. The Morgan fingerprint density at radius 1 is 1.38 bits per heavy atom. The summed E-state index contributed by atoms with van der Waals surface area (Å²) in [6, 6.07) is 4.08. The van der Waals surface area contributed by atoms with Crippen molar-refractivity contribution in [1.82, 2.24) is 4.57 Å². The van der Waals surface area contributed by atoms with E-state index in [9.17, 15) is 14.7 Å². The summed E-state index contributed by atoms with van der Waals surface area (Å²) in [7, 11) is 3.83. The molecule has 0 spiro atoms. The smallest absolute Gasteiger partial charge is 0.341 e. The van der Waals surface area contributed by atoms with Crippen molar-refractivity contribution in [2.24, 2.45) is 0 Å². The fourth-order valence-electron chi connectivity index (χ4n) is 3.02. The Morgan fingerprint density at radius 2 is 2.10 bits per heavy atom. The highest BCUT2D eigenvalue weighted by Crippen LogP contribution is 2.32. The van der Waals surface area contributed by atoms with Crippen molar-refractivity contribution in [3.63, 3.8) is 0 Å². The molecule has 0 saturated heterocycles. The third-order valence-corrected chi connectivity index (χ3v) is 4.24. The fourth-order valence-corrected chi connectivity index (χ4v) is 3.02. The van der Waals surface area contributed by atoms with Gasteiger partial charge in [-0.1, -0.05) is 0 Å². The van der Waals surface area contributed by atoms with E-state index < -0.39 is 11.4 Å². The van der Waals surface area contributed by atoms with Gasteiger partial charge in [0, 0.05) is 37.4 Å². The standard InChI is InChI=1S/C16H18N2O3/c1-9-4-5-10-6-11(17(2)3)7-12-14(10)18(9)8-13(15(12)19)16(20)21/h6-9H,4-5H2,1-3H3,(H,20,21). The van der Waals surface area contributed by atoms with Gasteiger partial charge >= 0.3 is 5.97 Å². The number of aromatic nitrogens is 1. The maximum Gasteiger partial charge on any atom is 0.341 e. The molecular formula is C16H18N2O3. The summed E-state index contributed by atoms with van der Waals surface area (Å²) < 4.78 is 1.94. The Morgan fingerprint density at radius 3 is 2.71 bits per heavy atom. The molecule has 1 aromatic carbocycles. The first kappa shape index (κ1) is 13.7. The Labute approximate surface area is 122 Å². The second kappa shape index (κ2) is 4.62. The summed E-state index contributed by atoms with van der Waals surface area (Å²) in [4.78, 5) is 25.8. The summed E-state index contributed by atoms with van der Waals surface area (Å²) in [6.07, 6.45) is 3.35. The number of carboxylic acid groups (broad SMARTS) is 1. The molecule has 110 valence electrons. The maximum absolute atomic E-state index is 12.5. The molecule has 5 nitrogen and oxygen atoms in total. The number of carbonyl (C=O) groups is 1. The van der Waals surface area contributed by atoms with Crippen molar-refractivity contribution in [3.8, 4) is 0 Å². The number of benzene rings is 1. The van der Waals surface area contributed by atoms with Gasteiger partial charge in [-0.25, -0.2) is 4.79 Å². The second-order valence-electron chi connectivity index (χ2n) is 5.87. The van der Waals surface area contributed by atoms with Crippen LogP contribution in [-0.4, -0.2) is 29.7 Å². The first-order valence-corrected chi connectivity index (χ1v) is 7.02. The molecule has 1 atom stereocenters. The highest BCUT2D eigenvalue weighted by molar-refractivity contribution is 5.95. The summed E-state index contributed by atoms with van der Waals surface area (Å²) in [6.45, 7) is 2.05. The van der Waals surface area contributed by atoms with Crippen molar-refractivity contribution in [2.75, 3.05) is 19.0 Å². The lowest BCUT2D eigenvalue weighted by atomic mass is 9.95. The molecule has 1 N–H and O–H groups in total.